The first-order valence-electron chi connectivity index (χ1n) is 8.61. The molecule has 0 radical (unpaired) electrons. The van der Waals surface area contributed by atoms with Crippen molar-refractivity contribution in [1.29, 1.82) is 0 Å². The molecule has 1 N–H and O–H groups in total. The Hall–Kier alpha value is -3.21. The molecule has 3 aromatic rings. The van der Waals surface area contributed by atoms with E-state index in [1.165, 1.54) is 0 Å². The predicted octanol–water partition coefficient (Wildman–Crippen LogP) is 3.49. The number of nitrogens with one attached hydrogen (secondary N) is 1. The maximum Gasteiger partial charge on any atom is 0.251 e. The number of benzene rings is 2. The van der Waals surface area contributed by atoms with Crippen molar-refractivity contribution in [2.45, 2.75) is 13.5 Å². The number of rotatable bonds is 4. The van der Waals surface area contributed by atoms with Crippen LogP contribution >= 0.6 is 0 Å². The number of hydrogen-bond acceptors (Lipinski definition) is 3. The van der Waals surface area contributed by atoms with Gasteiger partial charge in [-0.1, -0.05) is 0 Å². The minimum Gasteiger partial charge on any atom is -0.486 e. The molecule has 0 saturated heterocycles. The summed E-state index contributed by atoms with van der Waals surface area (Å²) in [4.78, 5) is 12.4. The summed E-state index contributed by atoms with van der Waals surface area (Å²) in [7, 11) is 0. The lowest BCUT2D eigenvalue weighted by molar-refractivity contribution is 0.0950. The van der Waals surface area contributed by atoms with Gasteiger partial charge in [0.2, 0.25) is 0 Å². The van der Waals surface area contributed by atoms with Crippen LogP contribution in [0.1, 0.15) is 21.5 Å². The minimum atomic E-state index is -0.0988. The van der Waals surface area contributed by atoms with Crippen LogP contribution in [0.3, 0.4) is 0 Å². The lowest BCUT2D eigenvalue weighted by Gasteiger charge is -2.20. The molecule has 0 saturated carbocycles. The van der Waals surface area contributed by atoms with Crippen LogP contribution in [-0.4, -0.2) is 23.7 Å². The number of carbonyl (C=O) groups is 1. The average molecular weight is 348 g/mol. The number of hydrogen-bond donors (Lipinski definition) is 1. The first-order valence-corrected chi connectivity index (χ1v) is 8.61. The number of fused-ring (bicyclic) bond motifs is 1. The van der Waals surface area contributed by atoms with Gasteiger partial charge in [-0.25, -0.2) is 0 Å². The van der Waals surface area contributed by atoms with Gasteiger partial charge in [0.05, 0.1) is 0 Å². The molecule has 0 aliphatic carbocycles. The summed E-state index contributed by atoms with van der Waals surface area (Å²) in [5, 5.41) is 2.98. The summed E-state index contributed by atoms with van der Waals surface area (Å²) in [5.74, 6) is 1.41. The third kappa shape index (κ3) is 3.28. The van der Waals surface area contributed by atoms with Crippen molar-refractivity contribution in [3.8, 4) is 17.2 Å². The molecular formula is C21H20N2O3. The number of amides is 1. The number of nitrogens with zero attached hydrogens (tertiary/aromatic N) is 1. The molecule has 2 heterocycles. The molecular weight excluding hydrogens is 328 g/mol. The first-order chi connectivity index (χ1) is 12.7. The molecule has 0 spiro atoms. The Balaban J connectivity index is 1.44. The van der Waals surface area contributed by atoms with E-state index in [4.69, 9.17) is 9.47 Å². The molecule has 1 aliphatic heterocycles. The molecule has 0 unspecified atom stereocenters. The van der Waals surface area contributed by atoms with E-state index >= 15 is 0 Å². The smallest absolute Gasteiger partial charge is 0.251 e. The van der Waals surface area contributed by atoms with Crippen molar-refractivity contribution in [1.82, 2.24) is 9.88 Å². The SMILES string of the molecule is Cc1cc2c(cc1CNC(=O)c1ccc(-n3cccc3)cc1)OCCO2. The molecule has 1 aliphatic rings. The van der Waals surface area contributed by atoms with Crippen LogP contribution in [0.25, 0.3) is 5.69 Å². The van der Waals surface area contributed by atoms with Crippen molar-refractivity contribution in [2.75, 3.05) is 13.2 Å². The van der Waals surface area contributed by atoms with Crippen LogP contribution in [0.15, 0.2) is 60.9 Å². The second-order valence-corrected chi connectivity index (χ2v) is 6.24. The van der Waals surface area contributed by atoms with Crippen LogP contribution in [-0.2, 0) is 6.54 Å². The Bertz CT molecular complexity index is 915. The lowest BCUT2D eigenvalue weighted by atomic mass is 10.1. The van der Waals surface area contributed by atoms with E-state index < -0.39 is 0 Å². The number of aromatic nitrogens is 1. The summed E-state index contributed by atoms with van der Waals surface area (Å²) in [6.45, 7) is 3.57. The molecule has 132 valence electrons. The Morgan fingerprint density at radius 1 is 1.04 bits per heavy atom. The molecule has 4 rings (SSSR count). The standard InChI is InChI=1S/C21H20N2O3/c1-15-12-19-20(26-11-10-25-19)13-17(15)14-22-21(24)16-4-6-18(7-5-16)23-8-2-3-9-23/h2-9,12-13H,10-11,14H2,1H3,(H,22,24). The normalized spacial score (nSPS) is 12.7. The Labute approximate surface area is 152 Å². The van der Waals surface area contributed by atoms with Gasteiger partial charge in [-0.05, 0) is 66.6 Å². The highest BCUT2D eigenvalue weighted by Gasteiger charge is 2.15. The zero-order valence-corrected chi connectivity index (χ0v) is 14.6. The fourth-order valence-corrected chi connectivity index (χ4v) is 2.99. The van der Waals surface area contributed by atoms with E-state index in [0.29, 0.717) is 25.3 Å². The van der Waals surface area contributed by atoms with Gasteiger partial charge in [-0.3, -0.25) is 4.79 Å². The van der Waals surface area contributed by atoms with Gasteiger partial charge >= 0.3 is 0 Å². The topological polar surface area (TPSA) is 52.5 Å². The molecule has 0 bridgehead atoms. The Kier molecular flexibility index (Phi) is 4.35. The van der Waals surface area contributed by atoms with Gasteiger partial charge < -0.3 is 19.4 Å². The minimum absolute atomic E-state index is 0.0988. The fourth-order valence-electron chi connectivity index (χ4n) is 2.99. The van der Waals surface area contributed by atoms with Crippen molar-refractivity contribution in [2.24, 2.45) is 0 Å². The van der Waals surface area contributed by atoms with Crippen LogP contribution in [0.2, 0.25) is 0 Å². The molecule has 5 heteroatoms. The van der Waals surface area contributed by atoms with Crippen molar-refractivity contribution in [3.63, 3.8) is 0 Å². The molecule has 26 heavy (non-hydrogen) atoms. The van der Waals surface area contributed by atoms with E-state index in [0.717, 1.165) is 28.3 Å². The summed E-state index contributed by atoms with van der Waals surface area (Å²) in [6.07, 6.45) is 3.94. The number of aryl methyl sites for hydroxylation is 1. The maximum absolute atomic E-state index is 12.4. The molecule has 0 atom stereocenters. The largest absolute Gasteiger partial charge is 0.486 e. The van der Waals surface area contributed by atoms with E-state index in [1.807, 2.05) is 72.4 Å². The molecule has 2 aromatic carbocycles. The first kappa shape index (κ1) is 16.3. The molecule has 1 aromatic heterocycles. The van der Waals surface area contributed by atoms with Crippen molar-refractivity contribution in [3.05, 3.63) is 77.6 Å². The van der Waals surface area contributed by atoms with Gasteiger partial charge in [0.25, 0.3) is 5.91 Å². The third-order valence-corrected chi connectivity index (χ3v) is 4.47. The molecule has 0 fully saturated rings. The maximum atomic E-state index is 12.4. The van der Waals surface area contributed by atoms with Gasteiger partial charge in [0.1, 0.15) is 13.2 Å². The van der Waals surface area contributed by atoms with E-state index in [9.17, 15) is 4.79 Å². The monoisotopic (exact) mass is 348 g/mol. The number of ether oxygens (including phenoxy) is 2. The van der Waals surface area contributed by atoms with Crippen LogP contribution < -0.4 is 14.8 Å². The van der Waals surface area contributed by atoms with Crippen LogP contribution in [0.4, 0.5) is 0 Å². The zero-order chi connectivity index (χ0) is 17.9. The van der Waals surface area contributed by atoms with Gasteiger partial charge in [-0.2, -0.15) is 0 Å². The van der Waals surface area contributed by atoms with E-state index in [2.05, 4.69) is 5.32 Å². The quantitative estimate of drug-likeness (QED) is 0.785. The predicted molar refractivity (Wildman–Crippen MR) is 99.1 cm³/mol. The average Bonchev–Trinajstić information content (AvgIpc) is 3.21. The van der Waals surface area contributed by atoms with Gasteiger partial charge in [0, 0.05) is 30.2 Å². The van der Waals surface area contributed by atoms with E-state index in [-0.39, 0.29) is 5.91 Å². The third-order valence-electron chi connectivity index (χ3n) is 4.47. The summed E-state index contributed by atoms with van der Waals surface area (Å²) >= 11 is 0. The van der Waals surface area contributed by atoms with Gasteiger partial charge in [0.15, 0.2) is 11.5 Å². The summed E-state index contributed by atoms with van der Waals surface area (Å²) < 4.78 is 13.2. The van der Waals surface area contributed by atoms with Crippen LogP contribution in [0, 0.1) is 6.92 Å². The summed E-state index contributed by atoms with van der Waals surface area (Å²) in [6, 6.07) is 15.4. The van der Waals surface area contributed by atoms with Crippen molar-refractivity contribution >= 4 is 5.91 Å². The Morgan fingerprint density at radius 2 is 1.69 bits per heavy atom. The second kappa shape index (κ2) is 6.96. The van der Waals surface area contributed by atoms with Crippen LogP contribution in [0.5, 0.6) is 11.5 Å². The molecule has 1 amide bonds. The highest BCUT2D eigenvalue weighted by atomic mass is 16.6. The zero-order valence-electron chi connectivity index (χ0n) is 14.6. The Morgan fingerprint density at radius 3 is 2.38 bits per heavy atom. The highest BCUT2D eigenvalue weighted by molar-refractivity contribution is 5.94. The summed E-state index contributed by atoms with van der Waals surface area (Å²) in [5.41, 5.74) is 3.74. The van der Waals surface area contributed by atoms with E-state index in [1.54, 1.807) is 0 Å². The fraction of sp³-hybridized carbons (Fsp3) is 0.190. The molecule has 5 nitrogen and oxygen atoms in total. The highest BCUT2D eigenvalue weighted by Crippen LogP contribution is 2.32. The number of carbonyl (C=O) groups excluding carboxylic acids is 1. The van der Waals surface area contributed by atoms with Gasteiger partial charge in [-0.15, -0.1) is 0 Å². The lowest BCUT2D eigenvalue weighted by Crippen LogP contribution is -2.23. The van der Waals surface area contributed by atoms with Crippen molar-refractivity contribution < 1.29 is 14.3 Å². The second-order valence-electron chi connectivity index (χ2n) is 6.24.